The van der Waals surface area contributed by atoms with Crippen LogP contribution in [-0.4, -0.2) is 27.0 Å². The van der Waals surface area contributed by atoms with Crippen molar-refractivity contribution in [2.24, 2.45) is 0 Å². The number of thioether (sulfide) groups is 1. The van der Waals surface area contributed by atoms with Gasteiger partial charge in [0.05, 0.1) is 17.1 Å². The number of anilines is 1. The van der Waals surface area contributed by atoms with Crippen molar-refractivity contribution in [2.75, 3.05) is 11.1 Å². The molecule has 3 aromatic carbocycles. The quantitative estimate of drug-likeness (QED) is 0.230. The Kier molecular flexibility index (Phi) is 7.20. The summed E-state index contributed by atoms with van der Waals surface area (Å²) in [6.07, 6.45) is 1.99. The number of amides is 1. The van der Waals surface area contributed by atoms with Gasteiger partial charge in [-0.15, -0.1) is 0 Å². The first-order valence-corrected chi connectivity index (χ1v) is 12.1. The number of benzene rings is 3. The molecular weight excluding hydrogens is 466 g/mol. The number of ketones is 1. The van der Waals surface area contributed by atoms with Crippen molar-refractivity contribution in [3.63, 3.8) is 0 Å². The molecule has 34 heavy (non-hydrogen) atoms. The van der Waals surface area contributed by atoms with E-state index in [1.807, 2.05) is 35.0 Å². The number of halogens is 1. The lowest BCUT2D eigenvalue weighted by Gasteiger charge is -2.11. The first-order chi connectivity index (χ1) is 16.3. The number of hydrogen-bond acceptors (Lipinski definition) is 4. The second-order valence-electron chi connectivity index (χ2n) is 8.05. The fourth-order valence-corrected chi connectivity index (χ4v) is 4.43. The monoisotopic (exact) mass is 489 g/mol. The summed E-state index contributed by atoms with van der Waals surface area (Å²) < 4.78 is 2.03. The van der Waals surface area contributed by atoms with Crippen LogP contribution in [0.2, 0.25) is 5.02 Å². The molecule has 0 bridgehead atoms. The summed E-state index contributed by atoms with van der Waals surface area (Å²) in [5.74, 6) is -0.0447. The standard InChI is InChI=1S/C27H24ClN3O2S/c1-17-7-8-18(2)25(13-17)31-15-24(20-9-11-22(28)12-10-20)30-27(31)34-16-26(33)29-23-6-4-5-21(14-23)19(3)32/h4-15H,16H2,1-3H3,(H,29,33). The van der Waals surface area contributed by atoms with Gasteiger partial charge in [-0.3, -0.25) is 14.2 Å². The van der Waals surface area contributed by atoms with Gasteiger partial charge < -0.3 is 5.32 Å². The minimum atomic E-state index is -0.172. The van der Waals surface area contributed by atoms with Crippen LogP contribution in [0.5, 0.6) is 0 Å². The SMILES string of the molecule is CC(=O)c1cccc(NC(=O)CSc2nc(-c3ccc(Cl)cc3)cn2-c2cc(C)ccc2C)c1. The number of hydrogen-bond donors (Lipinski definition) is 1. The number of carbonyl (C=O) groups is 2. The second-order valence-corrected chi connectivity index (χ2v) is 9.43. The minimum absolute atomic E-state index is 0.0456. The Morgan fingerprint density at radius 2 is 1.79 bits per heavy atom. The maximum Gasteiger partial charge on any atom is 0.234 e. The molecule has 4 rings (SSSR count). The molecule has 1 amide bonds. The molecule has 5 nitrogen and oxygen atoms in total. The van der Waals surface area contributed by atoms with Crippen LogP contribution in [0.4, 0.5) is 5.69 Å². The lowest BCUT2D eigenvalue weighted by molar-refractivity contribution is -0.113. The van der Waals surface area contributed by atoms with E-state index in [1.165, 1.54) is 18.7 Å². The van der Waals surface area contributed by atoms with Crippen LogP contribution in [0, 0.1) is 13.8 Å². The summed E-state index contributed by atoms with van der Waals surface area (Å²) in [5, 5.41) is 4.25. The predicted octanol–water partition coefficient (Wildman–Crippen LogP) is 6.74. The van der Waals surface area contributed by atoms with E-state index in [0.717, 1.165) is 28.1 Å². The van der Waals surface area contributed by atoms with Crippen molar-refractivity contribution < 1.29 is 9.59 Å². The largest absolute Gasteiger partial charge is 0.325 e. The van der Waals surface area contributed by atoms with Crippen LogP contribution in [0.25, 0.3) is 16.9 Å². The molecule has 0 radical (unpaired) electrons. The third kappa shape index (κ3) is 5.58. The number of nitrogens with one attached hydrogen (secondary N) is 1. The number of nitrogens with zero attached hydrogens (tertiary/aromatic N) is 2. The average Bonchev–Trinajstić information content (AvgIpc) is 3.24. The Hall–Kier alpha value is -3.35. The van der Waals surface area contributed by atoms with E-state index in [4.69, 9.17) is 16.6 Å². The number of Topliss-reactive ketones (excluding diaryl/α,β-unsaturated/α-hetero) is 1. The Bertz CT molecular complexity index is 1360. The number of aryl methyl sites for hydroxylation is 2. The van der Waals surface area contributed by atoms with E-state index in [2.05, 4.69) is 37.4 Å². The first-order valence-electron chi connectivity index (χ1n) is 10.8. The van der Waals surface area contributed by atoms with E-state index in [1.54, 1.807) is 24.3 Å². The third-order valence-corrected chi connectivity index (χ3v) is 6.53. The molecule has 7 heteroatoms. The average molecular weight is 490 g/mol. The normalized spacial score (nSPS) is 10.8. The van der Waals surface area contributed by atoms with E-state index in [9.17, 15) is 9.59 Å². The number of imidazole rings is 1. The van der Waals surface area contributed by atoms with Gasteiger partial charge in [0.1, 0.15) is 0 Å². The zero-order valence-electron chi connectivity index (χ0n) is 19.1. The van der Waals surface area contributed by atoms with Crippen LogP contribution in [-0.2, 0) is 4.79 Å². The van der Waals surface area contributed by atoms with Crippen LogP contribution >= 0.6 is 23.4 Å². The number of carbonyl (C=O) groups excluding carboxylic acids is 2. The van der Waals surface area contributed by atoms with Gasteiger partial charge >= 0.3 is 0 Å². The lowest BCUT2D eigenvalue weighted by Crippen LogP contribution is -2.15. The molecule has 0 aliphatic carbocycles. The summed E-state index contributed by atoms with van der Waals surface area (Å²) in [6.45, 7) is 5.61. The summed E-state index contributed by atoms with van der Waals surface area (Å²) in [4.78, 5) is 29.1. The minimum Gasteiger partial charge on any atom is -0.325 e. The van der Waals surface area contributed by atoms with Gasteiger partial charge in [-0.1, -0.05) is 59.8 Å². The number of rotatable bonds is 7. The highest BCUT2D eigenvalue weighted by atomic mass is 35.5. The molecule has 0 saturated carbocycles. The van der Waals surface area contributed by atoms with Crippen molar-refractivity contribution in [3.05, 3.63) is 94.6 Å². The van der Waals surface area contributed by atoms with Crippen molar-refractivity contribution in [3.8, 4) is 16.9 Å². The molecule has 0 aliphatic rings. The van der Waals surface area contributed by atoms with Crippen molar-refractivity contribution >= 4 is 40.7 Å². The van der Waals surface area contributed by atoms with Crippen LogP contribution < -0.4 is 5.32 Å². The molecule has 0 atom stereocenters. The van der Waals surface area contributed by atoms with Gasteiger partial charge in [-0.05, 0) is 62.2 Å². The summed E-state index contributed by atoms with van der Waals surface area (Å²) in [7, 11) is 0. The fraction of sp³-hybridized carbons (Fsp3) is 0.148. The highest BCUT2D eigenvalue weighted by molar-refractivity contribution is 7.99. The smallest absolute Gasteiger partial charge is 0.234 e. The first kappa shape index (κ1) is 23.8. The number of aromatic nitrogens is 2. The third-order valence-electron chi connectivity index (χ3n) is 5.32. The van der Waals surface area contributed by atoms with E-state index >= 15 is 0 Å². The van der Waals surface area contributed by atoms with E-state index in [-0.39, 0.29) is 17.4 Å². The highest BCUT2D eigenvalue weighted by Gasteiger charge is 2.16. The molecule has 0 unspecified atom stereocenters. The lowest BCUT2D eigenvalue weighted by atomic mass is 10.1. The molecule has 0 aliphatic heterocycles. The Balaban J connectivity index is 1.60. The van der Waals surface area contributed by atoms with Crippen LogP contribution in [0.3, 0.4) is 0 Å². The maximum absolute atomic E-state index is 12.7. The van der Waals surface area contributed by atoms with Crippen LogP contribution in [0.15, 0.2) is 78.1 Å². The molecule has 0 saturated heterocycles. The second kappa shape index (κ2) is 10.3. The van der Waals surface area contributed by atoms with Gasteiger partial charge in [0, 0.05) is 28.0 Å². The van der Waals surface area contributed by atoms with Gasteiger partial charge in [-0.2, -0.15) is 0 Å². The van der Waals surface area contributed by atoms with Gasteiger partial charge in [-0.25, -0.2) is 4.98 Å². The molecule has 1 heterocycles. The molecule has 0 spiro atoms. The summed E-state index contributed by atoms with van der Waals surface area (Å²) >= 11 is 7.41. The Labute approximate surface area is 208 Å². The van der Waals surface area contributed by atoms with Gasteiger partial charge in [0.25, 0.3) is 0 Å². The zero-order chi connectivity index (χ0) is 24.2. The van der Waals surface area contributed by atoms with Crippen molar-refractivity contribution in [1.29, 1.82) is 0 Å². The predicted molar refractivity (Wildman–Crippen MR) is 139 cm³/mol. The molecule has 0 fully saturated rings. The molecular formula is C27H24ClN3O2S. The van der Waals surface area contributed by atoms with E-state index in [0.29, 0.717) is 21.4 Å². The molecule has 172 valence electrons. The summed E-state index contributed by atoms with van der Waals surface area (Å²) in [5.41, 5.74) is 6.17. The Morgan fingerprint density at radius 3 is 2.53 bits per heavy atom. The highest BCUT2D eigenvalue weighted by Crippen LogP contribution is 2.30. The van der Waals surface area contributed by atoms with Crippen LogP contribution in [0.1, 0.15) is 28.4 Å². The molecule has 1 aromatic heterocycles. The van der Waals surface area contributed by atoms with Gasteiger partial charge in [0.2, 0.25) is 5.91 Å². The Morgan fingerprint density at radius 1 is 1.03 bits per heavy atom. The fourth-order valence-electron chi connectivity index (χ4n) is 3.52. The maximum atomic E-state index is 12.7. The van der Waals surface area contributed by atoms with Crippen molar-refractivity contribution in [1.82, 2.24) is 9.55 Å². The van der Waals surface area contributed by atoms with Gasteiger partial charge in [0.15, 0.2) is 10.9 Å². The topological polar surface area (TPSA) is 64.0 Å². The molecule has 1 N–H and O–H groups in total. The van der Waals surface area contributed by atoms with Crippen molar-refractivity contribution in [2.45, 2.75) is 25.9 Å². The summed E-state index contributed by atoms with van der Waals surface area (Å²) in [6, 6.07) is 20.7. The zero-order valence-corrected chi connectivity index (χ0v) is 20.7. The molecule has 4 aromatic rings. The van der Waals surface area contributed by atoms with E-state index < -0.39 is 0 Å².